The van der Waals surface area contributed by atoms with Crippen LogP contribution >= 0.6 is 0 Å². The van der Waals surface area contributed by atoms with Gasteiger partial charge in [0.2, 0.25) is 0 Å². The van der Waals surface area contributed by atoms with Gasteiger partial charge in [0.15, 0.2) is 9.84 Å². The summed E-state index contributed by atoms with van der Waals surface area (Å²) in [6, 6.07) is 5.77. The summed E-state index contributed by atoms with van der Waals surface area (Å²) >= 11 is 0. The van der Waals surface area contributed by atoms with Crippen LogP contribution in [0.3, 0.4) is 0 Å². The van der Waals surface area contributed by atoms with Gasteiger partial charge in [-0.3, -0.25) is 0 Å². The number of sulfone groups is 1. The highest BCUT2D eigenvalue weighted by molar-refractivity contribution is 7.90. The average molecular weight is 308 g/mol. The molecule has 1 unspecified atom stereocenters. The minimum atomic E-state index is -3.18. The van der Waals surface area contributed by atoms with Gasteiger partial charge in [-0.05, 0) is 50.6 Å². The molecule has 0 aliphatic heterocycles. The number of hydrogen-bond donors (Lipinski definition) is 1. The molecular weight excluding hydrogens is 284 g/mol. The van der Waals surface area contributed by atoms with Gasteiger partial charge in [0.1, 0.15) is 0 Å². The third-order valence-corrected chi connectivity index (χ3v) is 5.20. The van der Waals surface area contributed by atoms with Crippen LogP contribution in [0.15, 0.2) is 23.1 Å². The molecule has 5 heteroatoms. The summed E-state index contributed by atoms with van der Waals surface area (Å²) < 4.78 is 25.7. The fourth-order valence-corrected chi connectivity index (χ4v) is 3.49. The minimum Gasteiger partial charge on any atom is -0.348 e. The van der Waals surface area contributed by atoms with E-state index in [2.05, 4.69) is 30.7 Å². The molecule has 2 aromatic rings. The standard InChI is InChI=1S/C16H24N2O2S/c1-6-17-11(2)9-14-12(3)18(4)16-8-7-13(10-15(14)16)21(5,19)20/h7-8,10-11,17H,6,9H2,1-5H3. The third-order valence-electron chi connectivity index (χ3n) is 4.09. The van der Waals surface area contributed by atoms with Gasteiger partial charge < -0.3 is 9.88 Å². The molecule has 0 spiro atoms. The Labute approximate surface area is 127 Å². The van der Waals surface area contributed by atoms with E-state index in [0.717, 1.165) is 23.9 Å². The fraction of sp³-hybridized carbons (Fsp3) is 0.500. The lowest BCUT2D eigenvalue weighted by Gasteiger charge is -2.12. The Hall–Kier alpha value is -1.33. The number of benzene rings is 1. The van der Waals surface area contributed by atoms with Gasteiger partial charge in [-0.1, -0.05) is 6.92 Å². The summed E-state index contributed by atoms with van der Waals surface area (Å²) in [5.41, 5.74) is 3.51. The third kappa shape index (κ3) is 3.14. The van der Waals surface area contributed by atoms with Gasteiger partial charge in [-0.15, -0.1) is 0 Å². The summed E-state index contributed by atoms with van der Waals surface area (Å²) in [4.78, 5) is 0.387. The number of nitrogens with one attached hydrogen (secondary N) is 1. The maximum atomic E-state index is 11.8. The number of fused-ring (bicyclic) bond motifs is 1. The Balaban J connectivity index is 2.60. The van der Waals surface area contributed by atoms with E-state index in [1.165, 1.54) is 17.5 Å². The van der Waals surface area contributed by atoms with Gasteiger partial charge in [-0.2, -0.15) is 0 Å². The van der Waals surface area contributed by atoms with Crippen LogP contribution in [0.1, 0.15) is 25.1 Å². The van der Waals surface area contributed by atoms with E-state index in [-0.39, 0.29) is 0 Å². The first-order valence-corrected chi connectivity index (χ1v) is 9.16. The Kier molecular flexibility index (Phi) is 4.44. The number of hydrogen-bond acceptors (Lipinski definition) is 3. The van der Waals surface area contributed by atoms with Crippen molar-refractivity contribution in [1.82, 2.24) is 9.88 Å². The van der Waals surface area contributed by atoms with E-state index in [0.29, 0.717) is 10.9 Å². The highest BCUT2D eigenvalue weighted by Gasteiger charge is 2.17. The molecule has 1 aromatic carbocycles. The number of aromatic nitrogens is 1. The Morgan fingerprint density at radius 3 is 2.57 bits per heavy atom. The molecule has 1 atom stereocenters. The van der Waals surface area contributed by atoms with Crippen molar-refractivity contribution >= 4 is 20.7 Å². The van der Waals surface area contributed by atoms with Gasteiger partial charge >= 0.3 is 0 Å². The SMILES string of the molecule is CCNC(C)Cc1c(C)n(C)c2ccc(S(C)(=O)=O)cc12. The number of nitrogens with zero attached hydrogens (tertiary/aromatic N) is 1. The molecule has 0 aliphatic carbocycles. The molecule has 1 aromatic heterocycles. The van der Waals surface area contributed by atoms with Crippen molar-refractivity contribution in [3.8, 4) is 0 Å². The zero-order chi connectivity index (χ0) is 15.8. The number of aryl methyl sites for hydroxylation is 1. The molecule has 4 nitrogen and oxygen atoms in total. The lowest BCUT2D eigenvalue weighted by molar-refractivity contribution is 0.564. The second kappa shape index (κ2) is 5.81. The number of rotatable bonds is 5. The molecule has 0 radical (unpaired) electrons. The zero-order valence-electron chi connectivity index (χ0n) is 13.4. The van der Waals surface area contributed by atoms with Crippen molar-refractivity contribution in [2.24, 2.45) is 7.05 Å². The van der Waals surface area contributed by atoms with Gasteiger partial charge in [0.05, 0.1) is 4.90 Å². The highest BCUT2D eigenvalue weighted by Crippen LogP contribution is 2.28. The van der Waals surface area contributed by atoms with Crippen molar-refractivity contribution in [2.75, 3.05) is 12.8 Å². The normalized spacial score (nSPS) is 13.8. The predicted molar refractivity (Wildman–Crippen MR) is 87.6 cm³/mol. The van der Waals surface area contributed by atoms with Crippen LogP contribution in [0, 0.1) is 6.92 Å². The molecule has 1 N–H and O–H groups in total. The minimum absolute atomic E-state index is 0.362. The van der Waals surface area contributed by atoms with Gasteiger partial charge in [0.25, 0.3) is 0 Å². The van der Waals surface area contributed by atoms with Crippen LogP contribution in [-0.4, -0.2) is 31.8 Å². The first-order chi connectivity index (χ1) is 9.75. The summed E-state index contributed by atoms with van der Waals surface area (Å²) in [6.45, 7) is 7.27. The largest absolute Gasteiger partial charge is 0.348 e. The molecule has 0 bridgehead atoms. The van der Waals surface area contributed by atoms with Crippen molar-refractivity contribution < 1.29 is 8.42 Å². The molecular formula is C16H24N2O2S. The summed E-state index contributed by atoms with van der Waals surface area (Å²) in [6.07, 6.45) is 2.15. The highest BCUT2D eigenvalue weighted by atomic mass is 32.2. The maximum Gasteiger partial charge on any atom is 0.175 e. The lowest BCUT2D eigenvalue weighted by atomic mass is 10.0. The Morgan fingerprint density at radius 1 is 1.33 bits per heavy atom. The van der Waals surface area contributed by atoms with Crippen molar-refractivity contribution in [2.45, 2.75) is 38.1 Å². The molecule has 0 aliphatic rings. The molecule has 0 amide bonds. The van der Waals surface area contributed by atoms with Crippen LogP contribution in [0.25, 0.3) is 10.9 Å². The molecule has 2 rings (SSSR count). The lowest BCUT2D eigenvalue weighted by Crippen LogP contribution is -2.27. The van der Waals surface area contributed by atoms with Crippen LogP contribution in [0.4, 0.5) is 0 Å². The van der Waals surface area contributed by atoms with E-state index in [9.17, 15) is 8.42 Å². The summed E-state index contributed by atoms with van der Waals surface area (Å²) in [5, 5.41) is 4.46. The van der Waals surface area contributed by atoms with Gasteiger partial charge in [0, 0.05) is 35.9 Å². The fourth-order valence-electron chi connectivity index (χ4n) is 2.84. The smallest absolute Gasteiger partial charge is 0.175 e. The van der Waals surface area contributed by atoms with Crippen molar-refractivity contribution in [1.29, 1.82) is 0 Å². The van der Waals surface area contributed by atoms with Crippen LogP contribution in [-0.2, 0) is 23.3 Å². The van der Waals surface area contributed by atoms with Crippen LogP contribution in [0.2, 0.25) is 0 Å². The summed E-state index contributed by atoms with van der Waals surface area (Å²) in [5.74, 6) is 0. The second-order valence-corrected chi connectivity index (χ2v) is 7.75. The van der Waals surface area contributed by atoms with E-state index in [1.54, 1.807) is 6.07 Å². The molecule has 1 heterocycles. The molecule has 116 valence electrons. The topological polar surface area (TPSA) is 51.1 Å². The van der Waals surface area contributed by atoms with Crippen LogP contribution in [0.5, 0.6) is 0 Å². The van der Waals surface area contributed by atoms with E-state index >= 15 is 0 Å². The second-order valence-electron chi connectivity index (χ2n) is 5.74. The quantitative estimate of drug-likeness (QED) is 0.923. The molecule has 21 heavy (non-hydrogen) atoms. The van der Waals surface area contributed by atoms with Crippen molar-refractivity contribution in [3.63, 3.8) is 0 Å². The molecule has 0 saturated heterocycles. The monoisotopic (exact) mass is 308 g/mol. The average Bonchev–Trinajstić information content (AvgIpc) is 2.63. The van der Waals surface area contributed by atoms with Crippen LogP contribution < -0.4 is 5.32 Å². The van der Waals surface area contributed by atoms with E-state index in [1.807, 2.05) is 19.2 Å². The predicted octanol–water partition coefficient (Wildman–Crippen LogP) is 2.43. The first-order valence-electron chi connectivity index (χ1n) is 7.27. The Morgan fingerprint density at radius 2 is 2.00 bits per heavy atom. The van der Waals surface area contributed by atoms with Crippen molar-refractivity contribution in [3.05, 3.63) is 29.5 Å². The van der Waals surface area contributed by atoms with Gasteiger partial charge in [-0.25, -0.2) is 8.42 Å². The van der Waals surface area contributed by atoms with E-state index in [4.69, 9.17) is 0 Å². The first kappa shape index (κ1) is 16.0. The Bertz CT molecular complexity index is 760. The summed E-state index contributed by atoms with van der Waals surface area (Å²) in [7, 11) is -1.15. The molecule has 0 fully saturated rings. The zero-order valence-corrected chi connectivity index (χ0v) is 14.2. The van der Waals surface area contributed by atoms with E-state index < -0.39 is 9.84 Å². The maximum absolute atomic E-state index is 11.8. The number of likely N-dealkylation sites (N-methyl/N-ethyl adjacent to an activating group) is 1. The molecule has 0 saturated carbocycles.